The molecule has 0 bridgehead atoms. The average molecular weight is 306 g/mol. The minimum atomic E-state index is -0.0249. The first-order valence-electron chi connectivity index (χ1n) is 6.98. The largest absolute Gasteiger partial charge is 0.508 e. The van der Waals surface area contributed by atoms with Gasteiger partial charge in [0.05, 0.1) is 0 Å². The molecule has 3 nitrogen and oxygen atoms in total. The first-order valence-corrected chi connectivity index (χ1v) is 7.36. The Kier molecular flexibility index (Phi) is 5.10. The van der Waals surface area contributed by atoms with Crippen LogP contribution in [0.3, 0.4) is 0 Å². The highest BCUT2D eigenvalue weighted by atomic mass is 35.5. The molecule has 0 fully saturated rings. The van der Waals surface area contributed by atoms with Crippen LogP contribution in [0.2, 0.25) is 5.02 Å². The van der Waals surface area contributed by atoms with E-state index in [4.69, 9.17) is 11.6 Å². The fourth-order valence-electron chi connectivity index (χ4n) is 2.47. The van der Waals surface area contributed by atoms with Crippen LogP contribution in [0, 0.1) is 0 Å². The summed E-state index contributed by atoms with van der Waals surface area (Å²) in [6.45, 7) is 4.06. The number of benzene rings is 2. The zero-order chi connectivity index (χ0) is 15.4. The van der Waals surface area contributed by atoms with E-state index in [-0.39, 0.29) is 23.6 Å². The number of hydrogen-bond donors (Lipinski definition) is 3. The Morgan fingerprint density at radius 1 is 1.10 bits per heavy atom. The third kappa shape index (κ3) is 4.13. The molecule has 0 spiro atoms. The van der Waals surface area contributed by atoms with Gasteiger partial charge in [0.2, 0.25) is 0 Å². The third-order valence-electron chi connectivity index (χ3n) is 3.50. The van der Waals surface area contributed by atoms with Crippen molar-refractivity contribution in [1.82, 2.24) is 5.32 Å². The van der Waals surface area contributed by atoms with E-state index in [1.807, 2.05) is 31.2 Å². The second-order valence-corrected chi connectivity index (χ2v) is 5.74. The summed E-state index contributed by atoms with van der Waals surface area (Å²) in [5.41, 5.74) is 1.86. The summed E-state index contributed by atoms with van der Waals surface area (Å²) in [6, 6.07) is 12.6. The molecule has 0 saturated carbocycles. The maximum Gasteiger partial charge on any atom is 0.124 e. The fraction of sp³-hybridized carbons (Fsp3) is 0.294. The predicted octanol–water partition coefficient (Wildman–Crippen LogP) is 4.03. The lowest BCUT2D eigenvalue weighted by Gasteiger charge is -2.21. The van der Waals surface area contributed by atoms with E-state index in [1.165, 1.54) is 6.07 Å². The van der Waals surface area contributed by atoms with E-state index in [9.17, 15) is 10.2 Å². The van der Waals surface area contributed by atoms with Crippen LogP contribution in [-0.4, -0.2) is 16.3 Å². The van der Waals surface area contributed by atoms with Gasteiger partial charge in [-0.15, -0.1) is 0 Å². The zero-order valence-electron chi connectivity index (χ0n) is 12.2. The number of halogens is 1. The summed E-state index contributed by atoms with van der Waals surface area (Å²) in [5, 5.41) is 23.4. The van der Waals surface area contributed by atoms with E-state index in [2.05, 4.69) is 12.2 Å². The molecule has 0 heterocycles. The van der Waals surface area contributed by atoms with Crippen molar-refractivity contribution in [3.8, 4) is 11.5 Å². The van der Waals surface area contributed by atoms with Crippen LogP contribution in [-0.2, 0) is 6.42 Å². The molecule has 0 aliphatic carbocycles. The highest BCUT2D eigenvalue weighted by Crippen LogP contribution is 2.28. The summed E-state index contributed by atoms with van der Waals surface area (Å²) in [7, 11) is 0. The Balaban J connectivity index is 2.02. The molecule has 0 aromatic heterocycles. The smallest absolute Gasteiger partial charge is 0.124 e. The standard InChI is InChI=1S/C17H20ClNO2/c1-11(9-13-5-3-4-6-16(13)18)19-12(2)15-8-7-14(20)10-17(15)21/h3-8,10-12,19-21H,9H2,1-2H3. The normalized spacial score (nSPS) is 13.9. The Hall–Kier alpha value is -1.71. The van der Waals surface area contributed by atoms with E-state index < -0.39 is 0 Å². The number of hydrogen-bond acceptors (Lipinski definition) is 3. The summed E-state index contributed by atoms with van der Waals surface area (Å²) in [4.78, 5) is 0. The van der Waals surface area contributed by atoms with Crippen molar-refractivity contribution in [2.45, 2.75) is 32.4 Å². The van der Waals surface area contributed by atoms with Gasteiger partial charge in [-0.05, 0) is 38.0 Å². The number of aromatic hydroxyl groups is 2. The molecule has 2 aromatic rings. The molecule has 21 heavy (non-hydrogen) atoms. The molecule has 4 heteroatoms. The van der Waals surface area contributed by atoms with Crippen LogP contribution in [0.4, 0.5) is 0 Å². The van der Waals surface area contributed by atoms with Crippen LogP contribution in [0.5, 0.6) is 11.5 Å². The molecule has 0 aliphatic rings. The van der Waals surface area contributed by atoms with E-state index >= 15 is 0 Å². The lowest BCUT2D eigenvalue weighted by Crippen LogP contribution is -2.30. The topological polar surface area (TPSA) is 52.5 Å². The molecule has 112 valence electrons. The second kappa shape index (κ2) is 6.83. The molecular weight excluding hydrogens is 286 g/mol. The van der Waals surface area contributed by atoms with Gasteiger partial charge in [0, 0.05) is 28.7 Å². The number of rotatable bonds is 5. The lowest BCUT2D eigenvalue weighted by molar-refractivity contribution is 0.424. The molecule has 2 unspecified atom stereocenters. The van der Waals surface area contributed by atoms with Gasteiger partial charge >= 0.3 is 0 Å². The summed E-state index contributed by atoms with van der Waals surface area (Å²) in [6.07, 6.45) is 0.808. The predicted molar refractivity (Wildman–Crippen MR) is 85.9 cm³/mol. The van der Waals surface area contributed by atoms with Crippen LogP contribution >= 0.6 is 11.6 Å². The number of phenols is 2. The molecule has 0 amide bonds. The van der Waals surface area contributed by atoms with Crippen LogP contribution in [0.1, 0.15) is 31.0 Å². The Bertz CT molecular complexity index is 615. The molecule has 2 aromatic carbocycles. The quantitative estimate of drug-likeness (QED) is 0.781. The monoisotopic (exact) mass is 305 g/mol. The third-order valence-corrected chi connectivity index (χ3v) is 3.87. The minimum Gasteiger partial charge on any atom is -0.508 e. The Morgan fingerprint density at radius 2 is 1.81 bits per heavy atom. The first-order chi connectivity index (χ1) is 9.97. The number of phenolic OH excluding ortho intramolecular Hbond substituents is 2. The SMILES string of the molecule is CC(Cc1ccccc1Cl)NC(C)c1ccc(O)cc1O. The first kappa shape index (κ1) is 15.7. The maximum absolute atomic E-state index is 9.89. The summed E-state index contributed by atoms with van der Waals surface area (Å²) in [5.74, 6) is 0.160. The van der Waals surface area contributed by atoms with E-state index in [1.54, 1.807) is 12.1 Å². The molecule has 2 rings (SSSR count). The van der Waals surface area contributed by atoms with Gasteiger partial charge in [-0.3, -0.25) is 0 Å². The van der Waals surface area contributed by atoms with Crippen molar-refractivity contribution in [3.63, 3.8) is 0 Å². The molecular formula is C17H20ClNO2. The average Bonchev–Trinajstić information content (AvgIpc) is 2.41. The lowest BCUT2D eigenvalue weighted by atomic mass is 10.0. The fourth-order valence-corrected chi connectivity index (χ4v) is 2.68. The van der Waals surface area contributed by atoms with Gasteiger partial charge in [0.1, 0.15) is 11.5 Å². The van der Waals surface area contributed by atoms with Crippen molar-refractivity contribution in [2.24, 2.45) is 0 Å². The molecule has 0 radical (unpaired) electrons. The summed E-state index contributed by atoms with van der Waals surface area (Å²) >= 11 is 6.17. The highest BCUT2D eigenvalue weighted by molar-refractivity contribution is 6.31. The van der Waals surface area contributed by atoms with Crippen LogP contribution < -0.4 is 5.32 Å². The van der Waals surface area contributed by atoms with Crippen molar-refractivity contribution in [1.29, 1.82) is 0 Å². The molecule has 0 saturated heterocycles. The molecule has 3 N–H and O–H groups in total. The Morgan fingerprint density at radius 3 is 2.48 bits per heavy atom. The van der Waals surface area contributed by atoms with Crippen molar-refractivity contribution in [3.05, 3.63) is 58.6 Å². The molecule has 2 atom stereocenters. The maximum atomic E-state index is 9.89. The van der Waals surface area contributed by atoms with E-state index in [0.29, 0.717) is 0 Å². The van der Waals surface area contributed by atoms with Crippen LogP contribution in [0.25, 0.3) is 0 Å². The van der Waals surface area contributed by atoms with Gasteiger partial charge < -0.3 is 15.5 Å². The van der Waals surface area contributed by atoms with Gasteiger partial charge in [-0.25, -0.2) is 0 Å². The summed E-state index contributed by atoms with van der Waals surface area (Å²) < 4.78 is 0. The Labute approximate surface area is 130 Å². The van der Waals surface area contributed by atoms with Gasteiger partial charge in [0.15, 0.2) is 0 Å². The zero-order valence-corrected chi connectivity index (χ0v) is 12.9. The second-order valence-electron chi connectivity index (χ2n) is 5.33. The molecule has 0 aliphatic heterocycles. The van der Waals surface area contributed by atoms with E-state index in [0.717, 1.165) is 22.6 Å². The van der Waals surface area contributed by atoms with Crippen molar-refractivity contribution < 1.29 is 10.2 Å². The van der Waals surface area contributed by atoms with Gasteiger partial charge in [-0.1, -0.05) is 35.9 Å². The van der Waals surface area contributed by atoms with Gasteiger partial charge in [-0.2, -0.15) is 0 Å². The minimum absolute atomic E-state index is 0.0249. The highest BCUT2D eigenvalue weighted by Gasteiger charge is 2.14. The number of nitrogens with one attached hydrogen (secondary N) is 1. The van der Waals surface area contributed by atoms with Crippen LogP contribution in [0.15, 0.2) is 42.5 Å². The van der Waals surface area contributed by atoms with Gasteiger partial charge in [0.25, 0.3) is 0 Å². The van der Waals surface area contributed by atoms with Crippen molar-refractivity contribution >= 4 is 11.6 Å². The van der Waals surface area contributed by atoms with Crippen molar-refractivity contribution in [2.75, 3.05) is 0 Å².